The van der Waals surface area contributed by atoms with Gasteiger partial charge in [-0.25, -0.2) is 0 Å². The monoisotopic (exact) mass is 328 g/mol. The second-order valence-electron chi connectivity index (χ2n) is 5.26. The van der Waals surface area contributed by atoms with Crippen LogP contribution >= 0.6 is 11.3 Å². The number of nitrogens with one attached hydrogen (secondary N) is 1. The van der Waals surface area contributed by atoms with E-state index in [1.807, 2.05) is 17.5 Å². The van der Waals surface area contributed by atoms with Crippen LogP contribution in [0.1, 0.15) is 28.1 Å². The first-order valence-electron chi connectivity index (χ1n) is 7.41. The molecule has 1 aromatic heterocycles. The largest absolute Gasteiger partial charge is 0.352 e. The lowest BCUT2D eigenvalue weighted by molar-refractivity contribution is -0.121. The van der Waals surface area contributed by atoms with Crippen LogP contribution in [-0.4, -0.2) is 24.3 Å². The van der Waals surface area contributed by atoms with Gasteiger partial charge in [0.1, 0.15) is 0 Å². The highest BCUT2D eigenvalue weighted by Gasteiger charge is 2.30. The van der Waals surface area contributed by atoms with Gasteiger partial charge in [0.2, 0.25) is 11.8 Å². The van der Waals surface area contributed by atoms with Crippen molar-refractivity contribution in [3.63, 3.8) is 0 Å². The smallest absolute Gasteiger partial charge is 0.251 e. The fraction of sp³-hybridized carbons (Fsp3) is 0.235. The second kappa shape index (κ2) is 6.75. The molecule has 0 aliphatic carbocycles. The summed E-state index contributed by atoms with van der Waals surface area (Å²) in [6.07, 6.45) is 1.31. The number of rotatable bonds is 5. The lowest BCUT2D eigenvalue weighted by Gasteiger charge is -2.14. The first-order valence-corrected chi connectivity index (χ1v) is 8.29. The lowest BCUT2D eigenvalue weighted by atomic mass is 10.2. The van der Waals surface area contributed by atoms with E-state index in [1.165, 1.54) is 9.78 Å². The minimum absolute atomic E-state index is 0.160. The number of thiophene rings is 1. The third-order valence-electron chi connectivity index (χ3n) is 3.68. The van der Waals surface area contributed by atoms with Crippen LogP contribution in [0.3, 0.4) is 0 Å². The molecule has 0 bridgehead atoms. The Hall–Kier alpha value is -2.47. The summed E-state index contributed by atoms with van der Waals surface area (Å²) in [4.78, 5) is 37.9. The van der Waals surface area contributed by atoms with Crippen molar-refractivity contribution in [1.29, 1.82) is 0 Å². The molecule has 1 aromatic carbocycles. The first-order chi connectivity index (χ1) is 11.1. The fourth-order valence-corrected chi connectivity index (χ4v) is 3.19. The molecule has 1 fully saturated rings. The van der Waals surface area contributed by atoms with Gasteiger partial charge in [0, 0.05) is 29.8 Å². The molecule has 5 nitrogen and oxygen atoms in total. The van der Waals surface area contributed by atoms with Gasteiger partial charge in [0.05, 0.1) is 5.69 Å². The Morgan fingerprint density at radius 3 is 2.39 bits per heavy atom. The van der Waals surface area contributed by atoms with Crippen LogP contribution in [-0.2, 0) is 16.0 Å². The summed E-state index contributed by atoms with van der Waals surface area (Å²) in [6, 6.07) is 10.6. The van der Waals surface area contributed by atoms with E-state index in [2.05, 4.69) is 5.32 Å². The maximum atomic E-state index is 12.1. The van der Waals surface area contributed by atoms with Crippen molar-refractivity contribution in [2.45, 2.75) is 19.3 Å². The Morgan fingerprint density at radius 2 is 1.78 bits per heavy atom. The first kappa shape index (κ1) is 15.4. The number of hydrogen-bond donors (Lipinski definition) is 1. The maximum absolute atomic E-state index is 12.1. The van der Waals surface area contributed by atoms with Gasteiger partial charge in [-0.2, -0.15) is 0 Å². The molecular formula is C17H16N2O3S. The van der Waals surface area contributed by atoms with Crippen molar-refractivity contribution in [2.75, 3.05) is 11.4 Å². The van der Waals surface area contributed by atoms with E-state index in [-0.39, 0.29) is 30.6 Å². The van der Waals surface area contributed by atoms with Crippen molar-refractivity contribution < 1.29 is 14.4 Å². The topological polar surface area (TPSA) is 66.5 Å². The van der Waals surface area contributed by atoms with E-state index in [0.717, 1.165) is 6.42 Å². The van der Waals surface area contributed by atoms with Gasteiger partial charge in [0.15, 0.2) is 0 Å². The number of imide groups is 1. The quantitative estimate of drug-likeness (QED) is 0.857. The number of nitrogens with zero attached hydrogens (tertiary/aromatic N) is 1. The Kier molecular flexibility index (Phi) is 4.52. The standard InChI is InChI=1S/C17H16N2O3S/c20-15-7-8-16(21)19(15)13-5-3-12(4-6-13)17(22)18-10-9-14-2-1-11-23-14/h1-6,11H,7-10H2,(H,18,22). The van der Waals surface area contributed by atoms with Crippen LogP contribution in [0.25, 0.3) is 0 Å². The molecule has 1 aliphatic heterocycles. The van der Waals surface area contributed by atoms with E-state index in [4.69, 9.17) is 0 Å². The molecule has 2 aromatic rings. The van der Waals surface area contributed by atoms with E-state index in [1.54, 1.807) is 35.6 Å². The van der Waals surface area contributed by atoms with Gasteiger partial charge >= 0.3 is 0 Å². The zero-order chi connectivity index (χ0) is 16.2. The summed E-state index contributed by atoms with van der Waals surface area (Å²) in [5.41, 5.74) is 1.03. The highest BCUT2D eigenvalue weighted by atomic mass is 32.1. The van der Waals surface area contributed by atoms with Gasteiger partial charge in [-0.05, 0) is 42.1 Å². The van der Waals surface area contributed by atoms with Crippen LogP contribution in [0, 0.1) is 0 Å². The number of benzene rings is 1. The van der Waals surface area contributed by atoms with Crippen molar-refractivity contribution in [3.05, 3.63) is 52.2 Å². The third kappa shape index (κ3) is 3.48. The predicted octanol–water partition coefficient (Wildman–Crippen LogP) is 2.37. The van der Waals surface area contributed by atoms with E-state index < -0.39 is 0 Å². The SMILES string of the molecule is O=C(NCCc1cccs1)c1ccc(N2C(=O)CCC2=O)cc1. The van der Waals surface area contributed by atoms with E-state index in [9.17, 15) is 14.4 Å². The van der Waals surface area contributed by atoms with Gasteiger partial charge in [-0.3, -0.25) is 19.3 Å². The molecule has 0 saturated carbocycles. The Labute approximate surface area is 137 Å². The third-order valence-corrected chi connectivity index (χ3v) is 4.61. The zero-order valence-electron chi connectivity index (χ0n) is 12.5. The minimum Gasteiger partial charge on any atom is -0.352 e. The maximum Gasteiger partial charge on any atom is 0.251 e. The van der Waals surface area contributed by atoms with Crippen LogP contribution in [0.15, 0.2) is 41.8 Å². The Bertz CT molecular complexity index is 707. The summed E-state index contributed by atoms with van der Waals surface area (Å²) in [7, 11) is 0. The minimum atomic E-state index is -0.192. The molecule has 0 atom stereocenters. The van der Waals surface area contributed by atoms with Crippen LogP contribution in [0.2, 0.25) is 0 Å². The van der Waals surface area contributed by atoms with Crippen molar-refractivity contribution in [2.24, 2.45) is 0 Å². The summed E-state index contributed by atoms with van der Waals surface area (Å²) in [5, 5.41) is 4.87. The molecule has 118 valence electrons. The molecule has 1 aliphatic rings. The van der Waals surface area contributed by atoms with E-state index >= 15 is 0 Å². The summed E-state index contributed by atoms with van der Waals surface area (Å²) < 4.78 is 0. The molecule has 0 unspecified atom stereocenters. The molecule has 3 amide bonds. The Balaban J connectivity index is 1.59. The van der Waals surface area contributed by atoms with Crippen LogP contribution in [0.4, 0.5) is 5.69 Å². The average molecular weight is 328 g/mol. The Morgan fingerprint density at radius 1 is 1.09 bits per heavy atom. The molecule has 3 rings (SSSR count). The predicted molar refractivity (Wildman–Crippen MR) is 88.5 cm³/mol. The fourth-order valence-electron chi connectivity index (χ4n) is 2.48. The number of anilines is 1. The summed E-state index contributed by atoms with van der Waals surface area (Å²) in [6.45, 7) is 0.574. The number of carbonyl (C=O) groups is 3. The normalized spacial score (nSPS) is 14.3. The van der Waals surface area contributed by atoms with Crippen molar-refractivity contribution in [3.8, 4) is 0 Å². The van der Waals surface area contributed by atoms with Crippen molar-refractivity contribution in [1.82, 2.24) is 5.32 Å². The second-order valence-corrected chi connectivity index (χ2v) is 6.29. The molecule has 2 heterocycles. The molecular weight excluding hydrogens is 312 g/mol. The van der Waals surface area contributed by atoms with E-state index in [0.29, 0.717) is 17.8 Å². The van der Waals surface area contributed by atoms with Gasteiger partial charge in [0.25, 0.3) is 5.91 Å². The average Bonchev–Trinajstić information content (AvgIpc) is 3.18. The van der Waals surface area contributed by atoms with Crippen LogP contribution in [0.5, 0.6) is 0 Å². The summed E-state index contributed by atoms with van der Waals surface area (Å²) >= 11 is 1.67. The molecule has 1 N–H and O–H groups in total. The number of carbonyl (C=O) groups excluding carboxylic acids is 3. The molecule has 0 spiro atoms. The molecule has 0 radical (unpaired) electrons. The summed E-state index contributed by atoms with van der Waals surface area (Å²) in [5.74, 6) is -0.543. The number of amides is 3. The van der Waals surface area contributed by atoms with Gasteiger partial charge < -0.3 is 5.32 Å². The number of hydrogen-bond acceptors (Lipinski definition) is 4. The molecule has 6 heteroatoms. The zero-order valence-corrected chi connectivity index (χ0v) is 13.3. The molecule has 1 saturated heterocycles. The molecule has 23 heavy (non-hydrogen) atoms. The van der Waals surface area contributed by atoms with Crippen LogP contribution < -0.4 is 10.2 Å². The highest BCUT2D eigenvalue weighted by Crippen LogP contribution is 2.22. The van der Waals surface area contributed by atoms with Crippen molar-refractivity contribution >= 4 is 34.7 Å². The lowest BCUT2D eigenvalue weighted by Crippen LogP contribution is -2.29. The van der Waals surface area contributed by atoms with Gasteiger partial charge in [-0.1, -0.05) is 6.07 Å². The van der Waals surface area contributed by atoms with Gasteiger partial charge in [-0.15, -0.1) is 11.3 Å². The highest BCUT2D eigenvalue weighted by molar-refractivity contribution is 7.09.